The third kappa shape index (κ3) is 3.46. The van der Waals surface area contributed by atoms with Crippen LogP contribution in [-0.2, 0) is 16.2 Å². The molecule has 2 aromatic rings. The lowest BCUT2D eigenvalue weighted by Crippen LogP contribution is -2.14. The van der Waals surface area contributed by atoms with Crippen molar-refractivity contribution in [1.29, 1.82) is 0 Å². The SMILES string of the molecule is O=S(=O)(Nc1ccc(O)c(C(F)(F)F)c1)c1ccccc1. The smallest absolute Gasteiger partial charge is 0.420 e. The second-order valence-corrected chi connectivity index (χ2v) is 5.83. The molecule has 0 saturated carbocycles. The molecule has 112 valence electrons. The average molecular weight is 317 g/mol. The van der Waals surface area contributed by atoms with Crippen molar-refractivity contribution < 1.29 is 26.7 Å². The van der Waals surface area contributed by atoms with E-state index in [9.17, 15) is 26.7 Å². The van der Waals surface area contributed by atoms with Crippen molar-refractivity contribution in [1.82, 2.24) is 0 Å². The molecule has 4 nitrogen and oxygen atoms in total. The Morgan fingerprint density at radius 2 is 1.62 bits per heavy atom. The summed E-state index contributed by atoms with van der Waals surface area (Å²) in [5, 5.41) is 9.19. The van der Waals surface area contributed by atoms with Gasteiger partial charge in [0, 0.05) is 5.69 Å². The van der Waals surface area contributed by atoms with Crippen molar-refractivity contribution in [3.05, 3.63) is 54.1 Å². The molecule has 21 heavy (non-hydrogen) atoms. The lowest BCUT2D eigenvalue weighted by molar-refractivity contribution is -0.138. The molecule has 2 N–H and O–H groups in total. The molecule has 0 atom stereocenters. The fourth-order valence-corrected chi connectivity index (χ4v) is 2.71. The van der Waals surface area contributed by atoms with Crippen LogP contribution in [0.5, 0.6) is 5.75 Å². The number of hydrogen-bond acceptors (Lipinski definition) is 3. The molecule has 0 aliphatic heterocycles. The molecular formula is C13H10F3NO3S. The molecule has 2 rings (SSSR count). The van der Waals surface area contributed by atoms with Gasteiger partial charge in [0.1, 0.15) is 5.75 Å². The first-order valence-corrected chi connectivity index (χ1v) is 7.16. The maximum absolute atomic E-state index is 12.6. The summed E-state index contributed by atoms with van der Waals surface area (Å²) in [6.45, 7) is 0. The van der Waals surface area contributed by atoms with Crippen molar-refractivity contribution in [2.24, 2.45) is 0 Å². The van der Waals surface area contributed by atoms with Crippen molar-refractivity contribution in [2.45, 2.75) is 11.1 Å². The van der Waals surface area contributed by atoms with Gasteiger partial charge in [0.2, 0.25) is 0 Å². The van der Waals surface area contributed by atoms with E-state index in [-0.39, 0.29) is 10.6 Å². The zero-order chi connectivity index (χ0) is 15.7. The highest BCUT2D eigenvalue weighted by atomic mass is 32.2. The number of halogens is 3. The zero-order valence-electron chi connectivity index (χ0n) is 10.4. The van der Waals surface area contributed by atoms with Crippen LogP contribution in [-0.4, -0.2) is 13.5 Å². The topological polar surface area (TPSA) is 66.4 Å². The number of alkyl halides is 3. The first-order chi connectivity index (χ1) is 9.70. The normalized spacial score (nSPS) is 12.1. The largest absolute Gasteiger partial charge is 0.507 e. The highest BCUT2D eigenvalue weighted by Crippen LogP contribution is 2.37. The maximum atomic E-state index is 12.6. The Hall–Kier alpha value is -2.22. The van der Waals surface area contributed by atoms with Gasteiger partial charge in [-0.1, -0.05) is 18.2 Å². The van der Waals surface area contributed by atoms with Gasteiger partial charge in [-0.3, -0.25) is 4.72 Å². The Morgan fingerprint density at radius 3 is 2.19 bits per heavy atom. The summed E-state index contributed by atoms with van der Waals surface area (Å²) >= 11 is 0. The molecule has 0 spiro atoms. The Balaban J connectivity index is 2.37. The van der Waals surface area contributed by atoms with Crippen LogP contribution in [0.4, 0.5) is 18.9 Å². The third-order valence-corrected chi connectivity index (χ3v) is 4.00. The van der Waals surface area contributed by atoms with Gasteiger partial charge in [-0.25, -0.2) is 8.42 Å². The number of nitrogens with one attached hydrogen (secondary N) is 1. The van der Waals surface area contributed by atoms with E-state index in [0.29, 0.717) is 6.07 Å². The van der Waals surface area contributed by atoms with E-state index >= 15 is 0 Å². The van der Waals surface area contributed by atoms with E-state index in [4.69, 9.17) is 0 Å². The highest BCUT2D eigenvalue weighted by molar-refractivity contribution is 7.92. The second-order valence-electron chi connectivity index (χ2n) is 4.15. The molecule has 8 heteroatoms. The summed E-state index contributed by atoms with van der Waals surface area (Å²) < 4.78 is 64.0. The minimum Gasteiger partial charge on any atom is -0.507 e. The van der Waals surface area contributed by atoms with Gasteiger partial charge in [0.25, 0.3) is 10.0 Å². The quantitative estimate of drug-likeness (QED) is 0.854. The lowest BCUT2D eigenvalue weighted by atomic mass is 10.2. The van der Waals surface area contributed by atoms with E-state index in [1.807, 2.05) is 4.72 Å². The van der Waals surface area contributed by atoms with E-state index < -0.39 is 27.5 Å². The highest BCUT2D eigenvalue weighted by Gasteiger charge is 2.34. The number of sulfonamides is 1. The molecular weight excluding hydrogens is 307 g/mol. The predicted octanol–water partition coefficient (Wildman–Crippen LogP) is 3.21. The van der Waals surface area contributed by atoms with Gasteiger partial charge < -0.3 is 5.11 Å². The number of hydrogen-bond donors (Lipinski definition) is 2. The van der Waals surface area contributed by atoms with Crippen molar-refractivity contribution in [3.63, 3.8) is 0 Å². The van der Waals surface area contributed by atoms with Crippen LogP contribution in [0.1, 0.15) is 5.56 Å². The van der Waals surface area contributed by atoms with Crippen LogP contribution < -0.4 is 4.72 Å². The van der Waals surface area contributed by atoms with Crippen molar-refractivity contribution >= 4 is 15.7 Å². The predicted molar refractivity (Wildman–Crippen MR) is 70.4 cm³/mol. The third-order valence-electron chi connectivity index (χ3n) is 2.61. The van der Waals surface area contributed by atoms with Gasteiger partial charge in [0.15, 0.2) is 0 Å². The van der Waals surface area contributed by atoms with Crippen LogP contribution in [0.2, 0.25) is 0 Å². The fraction of sp³-hybridized carbons (Fsp3) is 0.0769. The van der Waals surface area contributed by atoms with Gasteiger partial charge >= 0.3 is 6.18 Å². The summed E-state index contributed by atoms with van der Waals surface area (Å²) in [5.41, 5.74) is -1.60. The standard InChI is InChI=1S/C13H10F3NO3S/c14-13(15,16)11-8-9(6-7-12(11)18)17-21(19,20)10-4-2-1-3-5-10/h1-8,17-18H. The molecule has 0 amide bonds. The van der Waals surface area contributed by atoms with Gasteiger partial charge in [0.05, 0.1) is 10.5 Å². The Kier molecular flexibility index (Phi) is 3.82. The number of anilines is 1. The van der Waals surface area contributed by atoms with Crippen LogP contribution >= 0.6 is 0 Å². The van der Waals surface area contributed by atoms with Gasteiger partial charge in [-0.15, -0.1) is 0 Å². The summed E-state index contributed by atoms with van der Waals surface area (Å²) in [5.74, 6) is -0.967. The van der Waals surface area contributed by atoms with Crippen LogP contribution in [0.15, 0.2) is 53.4 Å². The van der Waals surface area contributed by atoms with Crippen LogP contribution in [0.25, 0.3) is 0 Å². The molecule has 0 aliphatic carbocycles. The fourth-order valence-electron chi connectivity index (χ4n) is 1.64. The molecule has 0 bridgehead atoms. The van der Waals surface area contributed by atoms with E-state index in [1.54, 1.807) is 6.07 Å². The van der Waals surface area contributed by atoms with E-state index in [0.717, 1.165) is 12.1 Å². The molecule has 0 fully saturated rings. The first-order valence-electron chi connectivity index (χ1n) is 5.68. The van der Waals surface area contributed by atoms with Crippen LogP contribution in [0, 0.1) is 0 Å². The Bertz CT molecular complexity index is 743. The number of phenols is 1. The van der Waals surface area contributed by atoms with Crippen molar-refractivity contribution in [3.8, 4) is 5.75 Å². The van der Waals surface area contributed by atoms with Crippen molar-refractivity contribution in [2.75, 3.05) is 4.72 Å². The van der Waals surface area contributed by atoms with E-state index in [1.165, 1.54) is 24.3 Å². The second kappa shape index (κ2) is 5.28. The van der Waals surface area contributed by atoms with Gasteiger partial charge in [-0.05, 0) is 30.3 Å². The summed E-state index contributed by atoms with van der Waals surface area (Å²) in [4.78, 5) is -0.0772. The maximum Gasteiger partial charge on any atom is 0.420 e. The summed E-state index contributed by atoms with van der Waals surface area (Å²) in [6.07, 6.45) is -4.78. The van der Waals surface area contributed by atoms with E-state index in [2.05, 4.69) is 0 Å². The molecule has 0 aliphatic rings. The first kappa shape index (κ1) is 15.2. The monoisotopic (exact) mass is 317 g/mol. The average Bonchev–Trinajstić information content (AvgIpc) is 2.40. The number of aromatic hydroxyl groups is 1. The molecule has 0 heterocycles. The summed E-state index contributed by atoms with van der Waals surface area (Å²) in [7, 11) is -3.99. The zero-order valence-corrected chi connectivity index (χ0v) is 11.2. The number of phenolic OH excluding ortho intramolecular Hbond substituents is 1. The number of rotatable bonds is 3. The van der Waals surface area contributed by atoms with Crippen LogP contribution in [0.3, 0.4) is 0 Å². The Morgan fingerprint density at radius 1 is 1.00 bits per heavy atom. The summed E-state index contributed by atoms with van der Waals surface area (Å²) in [6, 6.07) is 9.59. The molecule has 2 aromatic carbocycles. The lowest BCUT2D eigenvalue weighted by Gasteiger charge is -2.12. The van der Waals surface area contributed by atoms with Gasteiger partial charge in [-0.2, -0.15) is 13.2 Å². The molecule has 0 radical (unpaired) electrons. The minimum atomic E-state index is -4.78. The molecule has 0 aromatic heterocycles. The molecule has 0 unspecified atom stereocenters. The number of benzene rings is 2. The Labute approximate surface area is 118 Å². The minimum absolute atomic E-state index is 0.0772. The molecule has 0 saturated heterocycles.